The average molecular weight is 460 g/mol. The first-order valence-corrected chi connectivity index (χ1v) is 11.0. The maximum absolute atomic E-state index is 13.1. The second kappa shape index (κ2) is 12.0. The number of aryl methyl sites for hydroxylation is 1. The minimum atomic E-state index is -0.708. The Labute approximate surface area is 192 Å². The van der Waals surface area contributed by atoms with Gasteiger partial charge in [0, 0.05) is 18.8 Å². The zero-order chi connectivity index (χ0) is 24.5. The van der Waals surface area contributed by atoms with E-state index in [-0.39, 0.29) is 37.0 Å². The Balaban J connectivity index is 2.19. The molecule has 0 aliphatic rings. The molecule has 0 fully saturated rings. The van der Waals surface area contributed by atoms with Gasteiger partial charge in [-0.3, -0.25) is 28.8 Å². The molecule has 2 rings (SSSR count). The topological polar surface area (TPSA) is 146 Å². The highest BCUT2D eigenvalue weighted by atomic mass is 16.2. The summed E-state index contributed by atoms with van der Waals surface area (Å²) in [5.41, 5.74) is 5.58. The molecule has 11 nitrogen and oxygen atoms in total. The van der Waals surface area contributed by atoms with E-state index in [1.54, 1.807) is 24.1 Å². The van der Waals surface area contributed by atoms with Crippen LogP contribution in [-0.4, -0.2) is 57.9 Å². The van der Waals surface area contributed by atoms with Crippen LogP contribution in [0.1, 0.15) is 38.8 Å². The number of hydrogen-bond donors (Lipinski definition) is 3. The van der Waals surface area contributed by atoms with Crippen molar-refractivity contribution in [1.82, 2.24) is 19.4 Å². The van der Waals surface area contributed by atoms with Gasteiger partial charge in [-0.1, -0.05) is 26.3 Å². The lowest BCUT2D eigenvalue weighted by molar-refractivity contribution is -0.121. The van der Waals surface area contributed by atoms with Crippen molar-refractivity contribution >= 4 is 29.1 Å². The van der Waals surface area contributed by atoms with E-state index in [1.165, 1.54) is 9.47 Å². The highest BCUT2D eigenvalue weighted by Crippen LogP contribution is 2.18. The van der Waals surface area contributed by atoms with Crippen LogP contribution in [0.3, 0.4) is 0 Å². The van der Waals surface area contributed by atoms with E-state index in [0.29, 0.717) is 25.2 Å². The van der Waals surface area contributed by atoms with Crippen molar-refractivity contribution in [2.24, 2.45) is 0 Å². The number of likely N-dealkylation sites (N-methyl/N-ethyl adjacent to an activating group) is 1. The molecule has 180 valence electrons. The summed E-state index contributed by atoms with van der Waals surface area (Å²) >= 11 is 0. The van der Waals surface area contributed by atoms with Gasteiger partial charge in [-0.05, 0) is 38.9 Å². The van der Waals surface area contributed by atoms with Gasteiger partial charge in [0.1, 0.15) is 11.6 Å². The Morgan fingerprint density at radius 3 is 2.55 bits per heavy atom. The zero-order valence-corrected chi connectivity index (χ0v) is 19.7. The SMILES string of the molecule is CCCCN(C(=O)CN(C)CC(=O)Nc1cccc(C)n1)c1c(N)n(CCC)c(=O)[nH]c1=O. The molecule has 33 heavy (non-hydrogen) atoms. The maximum atomic E-state index is 13.1. The van der Waals surface area contributed by atoms with Gasteiger partial charge >= 0.3 is 5.69 Å². The van der Waals surface area contributed by atoms with Crippen LogP contribution in [-0.2, 0) is 16.1 Å². The molecule has 0 unspecified atom stereocenters. The number of nitrogens with two attached hydrogens (primary N) is 1. The van der Waals surface area contributed by atoms with Crippen LogP contribution in [0, 0.1) is 6.92 Å². The molecule has 2 heterocycles. The Hall–Kier alpha value is -3.47. The molecule has 2 aromatic rings. The molecule has 0 bridgehead atoms. The molecule has 0 aromatic carbocycles. The van der Waals surface area contributed by atoms with Crippen molar-refractivity contribution in [3.63, 3.8) is 0 Å². The fourth-order valence-corrected chi connectivity index (χ4v) is 3.37. The van der Waals surface area contributed by atoms with Crippen LogP contribution in [0.25, 0.3) is 0 Å². The van der Waals surface area contributed by atoms with Gasteiger partial charge in [0.25, 0.3) is 5.56 Å². The second-order valence-electron chi connectivity index (χ2n) is 7.93. The summed E-state index contributed by atoms with van der Waals surface area (Å²) in [6.07, 6.45) is 2.06. The van der Waals surface area contributed by atoms with Crippen molar-refractivity contribution in [1.29, 1.82) is 0 Å². The van der Waals surface area contributed by atoms with E-state index >= 15 is 0 Å². The van der Waals surface area contributed by atoms with Gasteiger partial charge in [0.05, 0.1) is 13.1 Å². The number of hydrogen-bond acceptors (Lipinski definition) is 7. The van der Waals surface area contributed by atoms with Crippen LogP contribution in [0.15, 0.2) is 27.8 Å². The quantitative estimate of drug-likeness (QED) is 0.453. The van der Waals surface area contributed by atoms with E-state index in [1.807, 2.05) is 26.8 Å². The van der Waals surface area contributed by atoms with Crippen molar-refractivity contribution in [3.05, 3.63) is 44.7 Å². The fourth-order valence-electron chi connectivity index (χ4n) is 3.37. The predicted molar refractivity (Wildman–Crippen MR) is 128 cm³/mol. The number of pyridine rings is 1. The molecule has 2 amide bonds. The summed E-state index contributed by atoms with van der Waals surface area (Å²) in [6, 6.07) is 5.29. The van der Waals surface area contributed by atoms with Crippen molar-refractivity contribution < 1.29 is 9.59 Å². The second-order valence-corrected chi connectivity index (χ2v) is 7.93. The number of nitrogens with one attached hydrogen (secondary N) is 2. The molecule has 0 saturated heterocycles. The fraction of sp³-hybridized carbons (Fsp3) is 0.500. The first-order valence-electron chi connectivity index (χ1n) is 11.0. The first kappa shape index (κ1) is 25.8. The number of carbonyl (C=O) groups excluding carboxylic acids is 2. The number of anilines is 3. The highest BCUT2D eigenvalue weighted by Gasteiger charge is 2.25. The third kappa shape index (κ3) is 7.01. The van der Waals surface area contributed by atoms with E-state index in [9.17, 15) is 19.2 Å². The standard InChI is InChI=1S/C22H33N7O4/c1-5-7-12-28(19-20(23)29(11-6-2)22(33)26-21(19)32)18(31)14-27(4)13-17(30)25-16-10-8-9-15(3)24-16/h8-10H,5-7,11-14,23H2,1-4H3,(H,24,25,30)(H,26,32,33). The van der Waals surface area contributed by atoms with Crippen molar-refractivity contribution in [2.75, 3.05) is 42.6 Å². The van der Waals surface area contributed by atoms with Gasteiger partial charge < -0.3 is 16.0 Å². The van der Waals surface area contributed by atoms with Crippen LogP contribution in [0.4, 0.5) is 17.3 Å². The summed E-state index contributed by atoms with van der Waals surface area (Å²) in [7, 11) is 1.63. The number of aromatic nitrogens is 3. The molecule has 0 spiro atoms. The maximum Gasteiger partial charge on any atom is 0.330 e. The number of nitrogens with zero attached hydrogens (tertiary/aromatic N) is 4. The number of unbranched alkanes of at least 4 members (excludes halogenated alkanes) is 1. The molecular weight excluding hydrogens is 426 g/mol. The Bertz CT molecular complexity index is 1090. The van der Waals surface area contributed by atoms with Gasteiger partial charge in [0.2, 0.25) is 11.8 Å². The van der Waals surface area contributed by atoms with Gasteiger partial charge in [-0.15, -0.1) is 0 Å². The van der Waals surface area contributed by atoms with Gasteiger partial charge in [-0.25, -0.2) is 9.78 Å². The largest absolute Gasteiger partial charge is 0.383 e. The van der Waals surface area contributed by atoms with Crippen LogP contribution in [0.2, 0.25) is 0 Å². The minimum absolute atomic E-state index is 0.0386. The molecule has 0 radical (unpaired) electrons. The third-order valence-corrected chi connectivity index (χ3v) is 4.94. The summed E-state index contributed by atoms with van der Waals surface area (Å²) in [4.78, 5) is 59.6. The summed E-state index contributed by atoms with van der Waals surface area (Å²) < 4.78 is 1.26. The Morgan fingerprint density at radius 2 is 1.91 bits per heavy atom. The zero-order valence-electron chi connectivity index (χ0n) is 19.7. The lowest BCUT2D eigenvalue weighted by Crippen LogP contribution is -2.46. The summed E-state index contributed by atoms with van der Waals surface area (Å²) in [5.74, 6) is -0.327. The molecule has 4 N–H and O–H groups in total. The van der Waals surface area contributed by atoms with E-state index in [2.05, 4.69) is 15.3 Å². The van der Waals surface area contributed by atoms with E-state index in [4.69, 9.17) is 5.73 Å². The lowest BCUT2D eigenvalue weighted by Gasteiger charge is -2.26. The number of H-pyrrole nitrogens is 1. The number of rotatable bonds is 11. The summed E-state index contributed by atoms with van der Waals surface area (Å²) in [5, 5.41) is 2.70. The normalized spacial score (nSPS) is 10.9. The molecule has 0 aliphatic carbocycles. The molecule has 0 aliphatic heterocycles. The third-order valence-electron chi connectivity index (χ3n) is 4.94. The smallest absolute Gasteiger partial charge is 0.330 e. The van der Waals surface area contributed by atoms with Crippen molar-refractivity contribution in [3.8, 4) is 0 Å². The molecule has 11 heteroatoms. The van der Waals surface area contributed by atoms with E-state index < -0.39 is 17.2 Å². The predicted octanol–water partition coefficient (Wildman–Crippen LogP) is 0.936. The van der Waals surface area contributed by atoms with Gasteiger partial charge in [0.15, 0.2) is 5.69 Å². The molecular formula is C22H33N7O4. The molecule has 0 saturated carbocycles. The number of nitrogen functional groups attached to an aromatic ring is 1. The molecule has 0 atom stereocenters. The lowest BCUT2D eigenvalue weighted by atomic mass is 10.2. The summed E-state index contributed by atoms with van der Waals surface area (Å²) in [6.45, 7) is 6.07. The number of carbonyl (C=O) groups is 2. The minimum Gasteiger partial charge on any atom is -0.383 e. The number of aromatic amines is 1. The Kier molecular flexibility index (Phi) is 9.34. The molecule has 2 aromatic heterocycles. The number of amides is 2. The van der Waals surface area contributed by atoms with Gasteiger partial charge in [-0.2, -0.15) is 0 Å². The van der Waals surface area contributed by atoms with Crippen LogP contribution < -0.4 is 27.2 Å². The van der Waals surface area contributed by atoms with E-state index in [0.717, 1.165) is 12.1 Å². The van der Waals surface area contributed by atoms with Crippen molar-refractivity contribution in [2.45, 2.75) is 46.6 Å². The van der Waals surface area contributed by atoms with Crippen LogP contribution >= 0.6 is 0 Å². The van der Waals surface area contributed by atoms with Crippen LogP contribution in [0.5, 0.6) is 0 Å². The highest BCUT2D eigenvalue weighted by molar-refractivity contribution is 5.97. The monoisotopic (exact) mass is 459 g/mol. The first-order chi connectivity index (χ1) is 15.7. The Morgan fingerprint density at radius 1 is 1.18 bits per heavy atom. The average Bonchev–Trinajstić information content (AvgIpc) is 2.72.